The first-order chi connectivity index (χ1) is 11.9. The molecule has 1 atom stereocenters. The molecule has 3 aromatic rings. The highest BCUT2D eigenvalue weighted by Crippen LogP contribution is 2.31. The van der Waals surface area contributed by atoms with Crippen LogP contribution >= 0.6 is 0 Å². The van der Waals surface area contributed by atoms with E-state index in [4.69, 9.17) is 0 Å². The standard InChI is InChI=1S/C18H14F3N3O/c19-18(20,21)13-6-8-14(9-7-13)24-17(25)23-15(10-11-16(23)22-24)12-4-2-1-3-5-12/h1-9,15H,10-11H2/t15-/m0/s1. The van der Waals surface area contributed by atoms with Gasteiger partial charge in [0.2, 0.25) is 0 Å². The Hall–Kier alpha value is -2.83. The summed E-state index contributed by atoms with van der Waals surface area (Å²) >= 11 is 0. The third-order valence-corrected chi connectivity index (χ3v) is 4.46. The summed E-state index contributed by atoms with van der Waals surface area (Å²) in [6, 6.07) is 14.0. The molecule has 4 rings (SSSR count). The van der Waals surface area contributed by atoms with Gasteiger partial charge in [0.05, 0.1) is 17.3 Å². The molecule has 1 aliphatic heterocycles. The first-order valence-electron chi connectivity index (χ1n) is 7.88. The molecule has 0 fully saturated rings. The van der Waals surface area contributed by atoms with Gasteiger partial charge in [-0.15, -0.1) is 5.10 Å². The fourth-order valence-corrected chi connectivity index (χ4v) is 3.25. The largest absolute Gasteiger partial charge is 0.416 e. The number of rotatable bonds is 2. The van der Waals surface area contributed by atoms with Crippen molar-refractivity contribution in [3.8, 4) is 5.69 Å². The summed E-state index contributed by atoms with van der Waals surface area (Å²) in [7, 11) is 0. The number of hydrogen-bond acceptors (Lipinski definition) is 2. The smallest absolute Gasteiger partial charge is 0.271 e. The van der Waals surface area contributed by atoms with E-state index in [0.29, 0.717) is 17.9 Å². The molecule has 4 nitrogen and oxygen atoms in total. The van der Waals surface area contributed by atoms with Crippen LogP contribution in [0.3, 0.4) is 0 Å². The second-order valence-electron chi connectivity index (χ2n) is 5.99. The van der Waals surface area contributed by atoms with Crippen molar-refractivity contribution in [1.82, 2.24) is 14.3 Å². The number of alkyl halides is 3. The van der Waals surface area contributed by atoms with E-state index in [1.54, 1.807) is 4.57 Å². The summed E-state index contributed by atoms with van der Waals surface area (Å²) in [5.74, 6) is 0.652. The molecule has 1 aromatic heterocycles. The van der Waals surface area contributed by atoms with Crippen molar-refractivity contribution in [3.05, 3.63) is 82.0 Å². The van der Waals surface area contributed by atoms with Crippen LogP contribution < -0.4 is 5.69 Å². The third-order valence-electron chi connectivity index (χ3n) is 4.46. The first-order valence-corrected chi connectivity index (χ1v) is 7.88. The Morgan fingerprint density at radius 3 is 2.32 bits per heavy atom. The van der Waals surface area contributed by atoms with Crippen LogP contribution in [0, 0.1) is 0 Å². The Kier molecular flexibility index (Phi) is 3.52. The second-order valence-corrected chi connectivity index (χ2v) is 5.99. The predicted molar refractivity (Wildman–Crippen MR) is 85.7 cm³/mol. The van der Waals surface area contributed by atoms with E-state index in [0.717, 1.165) is 24.1 Å². The average Bonchev–Trinajstić information content (AvgIpc) is 3.16. The number of aryl methyl sites for hydroxylation is 1. The summed E-state index contributed by atoms with van der Waals surface area (Å²) in [4.78, 5) is 12.8. The monoisotopic (exact) mass is 345 g/mol. The van der Waals surface area contributed by atoms with Crippen molar-refractivity contribution in [1.29, 1.82) is 0 Å². The van der Waals surface area contributed by atoms with Crippen LogP contribution in [-0.4, -0.2) is 14.3 Å². The summed E-state index contributed by atoms with van der Waals surface area (Å²) in [5.41, 5.74) is 0.265. The van der Waals surface area contributed by atoms with Gasteiger partial charge in [-0.25, -0.2) is 4.79 Å². The molecule has 0 amide bonds. The van der Waals surface area contributed by atoms with Crippen LogP contribution in [-0.2, 0) is 12.6 Å². The molecule has 25 heavy (non-hydrogen) atoms. The minimum Gasteiger partial charge on any atom is -0.271 e. The molecule has 0 bridgehead atoms. The Balaban J connectivity index is 1.74. The van der Waals surface area contributed by atoms with Gasteiger partial charge in [0.1, 0.15) is 5.82 Å². The lowest BCUT2D eigenvalue weighted by Gasteiger charge is -2.12. The number of nitrogens with zero attached hydrogens (tertiary/aromatic N) is 3. The molecule has 0 aliphatic carbocycles. The zero-order valence-corrected chi connectivity index (χ0v) is 13.1. The molecule has 0 unspecified atom stereocenters. The van der Waals surface area contributed by atoms with E-state index in [9.17, 15) is 18.0 Å². The maximum Gasteiger partial charge on any atom is 0.416 e. The normalized spacial score (nSPS) is 16.8. The highest BCUT2D eigenvalue weighted by atomic mass is 19.4. The van der Waals surface area contributed by atoms with Gasteiger partial charge in [-0.2, -0.15) is 17.9 Å². The lowest BCUT2D eigenvalue weighted by Crippen LogP contribution is -2.26. The summed E-state index contributed by atoms with van der Waals surface area (Å²) in [6.07, 6.45) is -2.96. The van der Waals surface area contributed by atoms with Gasteiger partial charge in [-0.3, -0.25) is 4.57 Å². The molecule has 2 aromatic carbocycles. The van der Waals surface area contributed by atoms with E-state index >= 15 is 0 Å². The van der Waals surface area contributed by atoms with Gasteiger partial charge in [-0.05, 0) is 36.2 Å². The number of benzene rings is 2. The Morgan fingerprint density at radius 2 is 1.68 bits per heavy atom. The van der Waals surface area contributed by atoms with Gasteiger partial charge in [-0.1, -0.05) is 30.3 Å². The molecular formula is C18H14F3N3O. The van der Waals surface area contributed by atoms with E-state index in [1.165, 1.54) is 16.8 Å². The number of hydrogen-bond donors (Lipinski definition) is 0. The highest BCUT2D eigenvalue weighted by molar-refractivity contribution is 5.35. The van der Waals surface area contributed by atoms with Crippen LogP contribution in [0.25, 0.3) is 5.69 Å². The molecule has 0 N–H and O–H groups in total. The van der Waals surface area contributed by atoms with Gasteiger partial charge >= 0.3 is 11.9 Å². The highest BCUT2D eigenvalue weighted by Gasteiger charge is 2.31. The minimum absolute atomic E-state index is 0.0908. The first kappa shape index (κ1) is 15.7. The van der Waals surface area contributed by atoms with Crippen LogP contribution in [0.2, 0.25) is 0 Å². The summed E-state index contributed by atoms with van der Waals surface area (Å²) in [5, 5.41) is 4.31. The van der Waals surface area contributed by atoms with Crippen LogP contribution in [0.4, 0.5) is 13.2 Å². The van der Waals surface area contributed by atoms with E-state index in [-0.39, 0.29) is 11.7 Å². The van der Waals surface area contributed by atoms with Crippen molar-refractivity contribution in [2.45, 2.75) is 25.1 Å². The van der Waals surface area contributed by atoms with Gasteiger partial charge in [0.25, 0.3) is 0 Å². The van der Waals surface area contributed by atoms with E-state index < -0.39 is 11.7 Å². The second kappa shape index (κ2) is 5.61. The van der Waals surface area contributed by atoms with Crippen molar-refractivity contribution in [2.75, 3.05) is 0 Å². The van der Waals surface area contributed by atoms with Crippen LogP contribution in [0.15, 0.2) is 59.4 Å². The molecule has 1 aliphatic rings. The van der Waals surface area contributed by atoms with Crippen LogP contribution in [0.5, 0.6) is 0 Å². The van der Waals surface area contributed by atoms with Gasteiger partial charge in [0, 0.05) is 6.42 Å². The van der Waals surface area contributed by atoms with Crippen molar-refractivity contribution >= 4 is 0 Å². The zero-order valence-electron chi connectivity index (χ0n) is 13.1. The van der Waals surface area contributed by atoms with E-state index in [1.807, 2.05) is 30.3 Å². The topological polar surface area (TPSA) is 39.8 Å². The molecular weight excluding hydrogens is 331 g/mol. The molecule has 128 valence electrons. The quantitative estimate of drug-likeness (QED) is 0.712. The molecule has 7 heteroatoms. The van der Waals surface area contributed by atoms with Crippen molar-refractivity contribution < 1.29 is 13.2 Å². The molecule has 2 heterocycles. The lowest BCUT2D eigenvalue weighted by molar-refractivity contribution is -0.137. The Labute approximate surface area is 141 Å². The Morgan fingerprint density at radius 1 is 1.00 bits per heavy atom. The minimum atomic E-state index is -4.40. The summed E-state index contributed by atoms with van der Waals surface area (Å²) in [6.45, 7) is 0. The SMILES string of the molecule is O=c1n(-c2ccc(C(F)(F)F)cc2)nc2n1[C@H](c1ccccc1)CC2. The van der Waals surface area contributed by atoms with Gasteiger partial charge in [0.15, 0.2) is 0 Å². The number of fused-ring (bicyclic) bond motifs is 1. The van der Waals surface area contributed by atoms with E-state index in [2.05, 4.69) is 5.10 Å². The fourth-order valence-electron chi connectivity index (χ4n) is 3.25. The maximum absolute atomic E-state index is 12.8. The molecule has 0 saturated heterocycles. The average molecular weight is 345 g/mol. The number of halogens is 3. The predicted octanol–water partition coefficient (Wildman–Crippen LogP) is 3.59. The summed E-state index contributed by atoms with van der Waals surface area (Å²) < 4.78 is 40.9. The molecule has 0 spiro atoms. The van der Waals surface area contributed by atoms with Gasteiger partial charge < -0.3 is 0 Å². The molecule has 0 saturated carbocycles. The zero-order chi connectivity index (χ0) is 17.6. The van der Waals surface area contributed by atoms with Crippen molar-refractivity contribution in [3.63, 3.8) is 0 Å². The Bertz CT molecular complexity index is 956. The lowest BCUT2D eigenvalue weighted by atomic mass is 10.1. The third kappa shape index (κ3) is 2.65. The van der Waals surface area contributed by atoms with Crippen LogP contribution in [0.1, 0.15) is 29.4 Å². The fraction of sp³-hybridized carbons (Fsp3) is 0.222. The van der Waals surface area contributed by atoms with Crippen molar-refractivity contribution in [2.24, 2.45) is 0 Å². The molecule has 0 radical (unpaired) electrons. The maximum atomic E-state index is 12.8. The number of aromatic nitrogens is 3.